The Morgan fingerprint density at radius 1 is 1.50 bits per heavy atom. The van der Waals surface area contributed by atoms with E-state index in [1.807, 2.05) is 12.1 Å². The molecule has 16 heavy (non-hydrogen) atoms. The Balaban J connectivity index is 2.17. The van der Waals surface area contributed by atoms with Crippen molar-refractivity contribution >= 4 is 36.0 Å². The second kappa shape index (κ2) is 3.75. The number of fused-ring (bicyclic) bond motifs is 3. The van der Waals surface area contributed by atoms with Gasteiger partial charge in [-0.1, -0.05) is 17.7 Å². The largest absolute Gasteiger partial charge is 0.292 e. The number of nitrogens with zero attached hydrogens (tertiary/aromatic N) is 3. The minimum atomic E-state index is 0.105. The molecule has 0 saturated carbocycles. The minimum absolute atomic E-state index is 0.105. The number of aliphatic imine (C=N–C) groups is 1. The van der Waals surface area contributed by atoms with Crippen molar-refractivity contribution in [2.45, 2.75) is 5.92 Å². The standard InChI is InChI=1S/C10H7ClFN3S/c11-9-2-1-6-7-5-13-4-3-8(7)15(16-12)10(6)14-9/h1-4,7H,5H2. The number of allylic oxidation sites excluding steroid dienone is 1. The number of rotatable bonds is 1. The molecule has 2 aliphatic heterocycles. The van der Waals surface area contributed by atoms with Gasteiger partial charge in [0, 0.05) is 23.4 Å². The van der Waals surface area contributed by atoms with Gasteiger partial charge in [0.05, 0.1) is 6.54 Å². The SMILES string of the molecule is FSN1C2=CC=NCC2c2ccc(Cl)nc21. The topological polar surface area (TPSA) is 28.5 Å². The number of aromatic nitrogens is 1. The summed E-state index contributed by atoms with van der Waals surface area (Å²) in [4.78, 5) is 8.35. The maximum Gasteiger partial charge on any atom is 0.171 e. The first-order chi connectivity index (χ1) is 7.81. The number of anilines is 1. The zero-order valence-corrected chi connectivity index (χ0v) is 9.67. The van der Waals surface area contributed by atoms with E-state index < -0.39 is 0 Å². The first-order valence-corrected chi connectivity index (χ1v) is 5.81. The molecule has 0 N–H and O–H groups in total. The highest BCUT2D eigenvalue weighted by Gasteiger charge is 2.36. The van der Waals surface area contributed by atoms with Gasteiger partial charge in [0.25, 0.3) is 0 Å². The summed E-state index contributed by atoms with van der Waals surface area (Å²) in [7, 11) is 0. The van der Waals surface area contributed by atoms with Crippen LogP contribution in [0.2, 0.25) is 5.15 Å². The Morgan fingerprint density at radius 2 is 2.38 bits per heavy atom. The van der Waals surface area contributed by atoms with Crippen LogP contribution in [0.25, 0.3) is 0 Å². The molecular formula is C10H7ClFN3S. The summed E-state index contributed by atoms with van der Waals surface area (Å²) >= 11 is 5.97. The average molecular weight is 256 g/mol. The molecule has 1 aromatic rings. The molecule has 6 heteroatoms. The van der Waals surface area contributed by atoms with E-state index in [4.69, 9.17) is 11.6 Å². The third-order valence-corrected chi connectivity index (χ3v) is 3.47. The van der Waals surface area contributed by atoms with Crippen molar-refractivity contribution in [2.75, 3.05) is 10.8 Å². The monoisotopic (exact) mass is 255 g/mol. The summed E-state index contributed by atoms with van der Waals surface area (Å²) in [6, 6.07) is 3.61. The van der Waals surface area contributed by atoms with E-state index in [9.17, 15) is 3.89 Å². The fourth-order valence-corrected chi connectivity index (χ4v) is 2.66. The number of pyridine rings is 1. The lowest BCUT2D eigenvalue weighted by molar-refractivity contribution is 0.818. The van der Waals surface area contributed by atoms with Crippen molar-refractivity contribution in [3.05, 3.63) is 34.6 Å². The Bertz CT molecular complexity index is 503. The van der Waals surface area contributed by atoms with Crippen molar-refractivity contribution in [3.63, 3.8) is 0 Å². The van der Waals surface area contributed by atoms with Crippen LogP contribution in [0, 0.1) is 0 Å². The molecule has 0 aliphatic carbocycles. The summed E-state index contributed by atoms with van der Waals surface area (Å²) in [5, 5.41) is 0.373. The molecule has 1 aromatic heterocycles. The fourth-order valence-electron chi connectivity index (χ4n) is 2.04. The number of hydrogen-bond acceptors (Lipinski definition) is 4. The van der Waals surface area contributed by atoms with Crippen LogP contribution in [-0.2, 0) is 0 Å². The quantitative estimate of drug-likeness (QED) is 0.570. The highest BCUT2D eigenvalue weighted by atomic mass is 35.5. The van der Waals surface area contributed by atoms with Crippen molar-refractivity contribution in [1.29, 1.82) is 0 Å². The van der Waals surface area contributed by atoms with Gasteiger partial charge in [-0.3, -0.25) is 4.99 Å². The first-order valence-electron chi connectivity index (χ1n) is 4.76. The fraction of sp³-hybridized carbons (Fsp3) is 0.200. The average Bonchev–Trinajstić information content (AvgIpc) is 2.61. The van der Waals surface area contributed by atoms with Gasteiger partial charge < -0.3 is 0 Å². The highest BCUT2D eigenvalue weighted by Crippen LogP contribution is 2.47. The summed E-state index contributed by atoms with van der Waals surface area (Å²) in [5.74, 6) is 0.690. The van der Waals surface area contributed by atoms with E-state index in [1.54, 1.807) is 12.3 Å². The Hall–Kier alpha value is -1.07. The van der Waals surface area contributed by atoms with Gasteiger partial charge in [-0.25, -0.2) is 9.29 Å². The van der Waals surface area contributed by atoms with E-state index in [0.717, 1.165) is 11.3 Å². The zero-order chi connectivity index (χ0) is 11.1. The summed E-state index contributed by atoms with van der Waals surface area (Å²) in [5.41, 5.74) is 1.87. The molecule has 1 unspecified atom stereocenters. The van der Waals surface area contributed by atoms with Crippen molar-refractivity contribution in [1.82, 2.24) is 4.98 Å². The van der Waals surface area contributed by atoms with E-state index in [0.29, 0.717) is 17.5 Å². The van der Waals surface area contributed by atoms with Gasteiger partial charge in [0.15, 0.2) is 18.2 Å². The number of halogens is 2. The molecule has 0 fully saturated rings. The molecule has 1 atom stereocenters. The van der Waals surface area contributed by atoms with E-state index in [1.165, 1.54) is 4.31 Å². The summed E-state index contributed by atoms with van der Waals surface area (Å²) in [6.07, 6.45) is 3.51. The maximum absolute atomic E-state index is 13.0. The Morgan fingerprint density at radius 3 is 3.19 bits per heavy atom. The molecule has 82 valence electrons. The molecule has 3 rings (SSSR count). The van der Waals surface area contributed by atoms with Gasteiger partial charge in [-0.2, -0.15) is 0 Å². The zero-order valence-electron chi connectivity index (χ0n) is 8.10. The van der Waals surface area contributed by atoms with Crippen LogP contribution in [-0.4, -0.2) is 17.7 Å². The minimum Gasteiger partial charge on any atom is -0.292 e. The summed E-state index contributed by atoms with van der Waals surface area (Å²) in [6.45, 7) is 0.638. The van der Waals surface area contributed by atoms with Crippen molar-refractivity contribution < 1.29 is 3.89 Å². The number of hydrogen-bond donors (Lipinski definition) is 0. The van der Waals surface area contributed by atoms with E-state index >= 15 is 0 Å². The lowest BCUT2D eigenvalue weighted by Gasteiger charge is -2.17. The van der Waals surface area contributed by atoms with Crippen LogP contribution in [0.4, 0.5) is 9.70 Å². The molecule has 0 amide bonds. The van der Waals surface area contributed by atoms with Crippen LogP contribution >= 0.6 is 23.9 Å². The molecule has 0 aromatic carbocycles. The van der Waals surface area contributed by atoms with E-state index in [2.05, 4.69) is 9.98 Å². The summed E-state index contributed by atoms with van der Waals surface area (Å²) < 4.78 is 14.4. The van der Waals surface area contributed by atoms with Crippen LogP contribution in [0.1, 0.15) is 11.5 Å². The van der Waals surface area contributed by atoms with Crippen molar-refractivity contribution in [2.24, 2.45) is 4.99 Å². The molecule has 2 aliphatic rings. The lowest BCUT2D eigenvalue weighted by atomic mass is 9.99. The van der Waals surface area contributed by atoms with Gasteiger partial charge in [0.2, 0.25) is 0 Å². The normalized spacial score (nSPS) is 21.8. The predicted molar refractivity (Wildman–Crippen MR) is 64.6 cm³/mol. The smallest absolute Gasteiger partial charge is 0.171 e. The number of dihydropyridines is 1. The molecule has 3 heterocycles. The second-order valence-corrected chi connectivity index (χ2v) is 4.46. The Labute approximate surface area is 101 Å². The van der Waals surface area contributed by atoms with Crippen molar-refractivity contribution in [3.8, 4) is 0 Å². The molecule has 3 nitrogen and oxygen atoms in total. The van der Waals surface area contributed by atoms with Crippen LogP contribution in [0.3, 0.4) is 0 Å². The maximum atomic E-state index is 13.0. The molecule has 0 radical (unpaired) electrons. The molecule has 0 saturated heterocycles. The van der Waals surface area contributed by atoms with Gasteiger partial charge in [-0.15, -0.1) is 3.89 Å². The Kier molecular flexibility index (Phi) is 2.37. The lowest BCUT2D eigenvalue weighted by Crippen LogP contribution is -2.14. The second-order valence-electron chi connectivity index (χ2n) is 3.57. The van der Waals surface area contributed by atoms with Crippen LogP contribution in [0.5, 0.6) is 0 Å². The first kappa shape index (κ1) is 10.1. The van der Waals surface area contributed by atoms with Gasteiger partial charge >= 0.3 is 0 Å². The van der Waals surface area contributed by atoms with Crippen LogP contribution in [0.15, 0.2) is 28.9 Å². The van der Waals surface area contributed by atoms with Gasteiger partial charge in [-0.05, 0) is 12.1 Å². The van der Waals surface area contributed by atoms with Crippen LogP contribution < -0.4 is 4.31 Å². The third-order valence-electron chi connectivity index (χ3n) is 2.74. The third kappa shape index (κ3) is 1.35. The van der Waals surface area contributed by atoms with Gasteiger partial charge in [0.1, 0.15) is 5.15 Å². The molecule has 0 bridgehead atoms. The molecule has 0 spiro atoms. The van der Waals surface area contributed by atoms with E-state index in [-0.39, 0.29) is 18.3 Å². The molecular weight excluding hydrogens is 249 g/mol. The highest BCUT2D eigenvalue weighted by molar-refractivity contribution is 7.95. The predicted octanol–water partition coefficient (Wildman–Crippen LogP) is 3.14.